The maximum Gasteiger partial charge on any atom is 0.272 e. The first-order valence-corrected chi connectivity index (χ1v) is 17.0. The van der Waals surface area contributed by atoms with Crippen LogP contribution in [0.15, 0.2) is 126 Å². The largest absolute Gasteiger partial charge is 0.324 e. The third-order valence-corrected chi connectivity index (χ3v) is 9.72. The Morgan fingerprint density at radius 1 is 0.720 bits per heavy atom. The molecule has 3 N–H and O–H groups in total. The summed E-state index contributed by atoms with van der Waals surface area (Å²) in [6, 6.07) is 31.7. The van der Waals surface area contributed by atoms with E-state index in [9.17, 15) is 24.0 Å². The van der Waals surface area contributed by atoms with Gasteiger partial charge in [-0.3, -0.25) is 24.0 Å². The number of carbonyl (C=O) groups is 5. The van der Waals surface area contributed by atoms with Gasteiger partial charge < -0.3 is 16.0 Å². The lowest BCUT2D eigenvalue weighted by Crippen LogP contribution is -2.30. The SMILES string of the molecule is CC(Sc1cccc(NC(=O)/C(=C\c2cccc(Cl)c2Cl)NC(=O)c2ccccc2)c1)C(=O)Nc1cccc2c1C(=O)c1ccccc1C2=O. The van der Waals surface area contributed by atoms with Gasteiger partial charge in [-0.1, -0.05) is 96.0 Å². The van der Waals surface area contributed by atoms with E-state index in [4.69, 9.17) is 23.2 Å². The van der Waals surface area contributed by atoms with Crippen LogP contribution in [0, 0.1) is 0 Å². The highest BCUT2D eigenvalue weighted by Crippen LogP contribution is 2.33. The van der Waals surface area contributed by atoms with E-state index < -0.39 is 17.1 Å². The Morgan fingerprint density at radius 3 is 2.14 bits per heavy atom. The molecule has 0 aromatic heterocycles. The van der Waals surface area contributed by atoms with Crippen LogP contribution in [0.5, 0.6) is 0 Å². The molecule has 8 nitrogen and oxygen atoms in total. The average Bonchev–Trinajstić information content (AvgIpc) is 3.12. The van der Waals surface area contributed by atoms with Crippen molar-refractivity contribution in [3.63, 3.8) is 0 Å². The number of carbonyl (C=O) groups excluding carboxylic acids is 5. The number of hydrogen-bond donors (Lipinski definition) is 3. The standard InChI is InChI=1S/C39H27Cl2N3O5S/c1-22(37(47)43-31-19-9-17-29-33(31)36(46)28-16-6-5-15-27(28)35(29)45)50-26-14-8-13-25(21-26)42-39(49)32(20-24-12-7-18-30(40)34(24)41)44-38(48)23-10-3-2-4-11-23/h2-22H,1H3,(H,42,49)(H,43,47)(H,44,48)/b32-20+. The summed E-state index contributed by atoms with van der Waals surface area (Å²) in [6.07, 6.45) is 1.44. The Balaban J connectivity index is 1.18. The molecular weight excluding hydrogens is 693 g/mol. The van der Waals surface area contributed by atoms with Gasteiger partial charge in [-0.15, -0.1) is 11.8 Å². The zero-order valence-corrected chi connectivity index (χ0v) is 28.7. The summed E-state index contributed by atoms with van der Waals surface area (Å²) < 4.78 is 0. The van der Waals surface area contributed by atoms with Crippen molar-refractivity contribution in [2.75, 3.05) is 10.6 Å². The molecule has 6 rings (SSSR count). The molecule has 0 spiro atoms. The molecule has 3 amide bonds. The lowest BCUT2D eigenvalue weighted by atomic mass is 9.83. The Hall–Kier alpha value is -5.48. The molecule has 1 aliphatic rings. The van der Waals surface area contributed by atoms with Crippen LogP contribution >= 0.6 is 35.0 Å². The predicted octanol–water partition coefficient (Wildman–Crippen LogP) is 8.30. The van der Waals surface area contributed by atoms with Gasteiger partial charge in [0.25, 0.3) is 11.8 Å². The molecule has 0 saturated carbocycles. The molecular formula is C39H27Cl2N3O5S. The first kappa shape index (κ1) is 34.4. The molecule has 0 heterocycles. The third-order valence-electron chi connectivity index (χ3n) is 7.79. The molecule has 50 heavy (non-hydrogen) atoms. The molecule has 0 aliphatic heterocycles. The third kappa shape index (κ3) is 7.40. The molecule has 5 aromatic carbocycles. The molecule has 1 aliphatic carbocycles. The van der Waals surface area contributed by atoms with Gasteiger partial charge in [0, 0.05) is 32.8 Å². The van der Waals surface area contributed by atoms with Gasteiger partial charge in [0.15, 0.2) is 11.6 Å². The number of ketones is 2. The smallest absolute Gasteiger partial charge is 0.272 e. The van der Waals surface area contributed by atoms with Crippen molar-refractivity contribution in [2.24, 2.45) is 0 Å². The number of halogens is 2. The minimum Gasteiger partial charge on any atom is -0.324 e. The number of thioether (sulfide) groups is 1. The van der Waals surface area contributed by atoms with Crippen molar-refractivity contribution in [3.8, 4) is 0 Å². The van der Waals surface area contributed by atoms with Crippen LogP contribution in [0.4, 0.5) is 11.4 Å². The molecule has 248 valence electrons. The zero-order valence-electron chi connectivity index (χ0n) is 26.3. The van der Waals surface area contributed by atoms with Crippen molar-refractivity contribution >= 4 is 81.7 Å². The van der Waals surface area contributed by atoms with Gasteiger partial charge in [0.1, 0.15) is 5.70 Å². The number of fused-ring (bicyclic) bond motifs is 2. The number of nitrogens with one attached hydrogen (secondary N) is 3. The fourth-order valence-corrected chi connectivity index (χ4v) is 6.61. The molecule has 1 unspecified atom stereocenters. The number of benzene rings is 5. The van der Waals surface area contributed by atoms with Crippen molar-refractivity contribution in [1.29, 1.82) is 0 Å². The lowest BCUT2D eigenvalue weighted by molar-refractivity contribution is -0.115. The topological polar surface area (TPSA) is 121 Å². The van der Waals surface area contributed by atoms with E-state index >= 15 is 0 Å². The highest BCUT2D eigenvalue weighted by atomic mass is 35.5. The van der Waals surface area contributed by atoms with Gasteiger partial charge in [-0.2, -0.15) is 0 Å². The maximum absolute atomic E-state index is 13.6. The van der Waals surface area contributed by atoms with Crippen LogP contribution in [-0.2, 0) is 9.59 Å². The van der Waals surface area contributed by atoms with Crippen LogP contribution in [-0.4, -0.2) is 34.5 Å². The number of rotatable bonds is 9. The minimum absolute atomic E-state index is 0.0735. The highest BCUT2D eigenvalue weighted by Gasteiger charge is 2.32. The molecule has 0 saturated heterocycles. The minimum atomic E-state index is -0.635. The Labute approximate surface area is 301 Å². The second-order valence-electron chi connectivity index (χ2n) is 11.2. The molecule has 11 heteroatoms. The average molecular weight is 721 g/mol. The zero-order chi connectivity index (χ0) is 35.4. The normalized spacial score (nSPS) is 12.7. The van der Waals surface area contributed by atoms with Gasteiger partial charge >= 0.3 is 0 Å². The molecule has 0 fully saturated rings. The summed E-state index contributed by atoms with van der Waals surface area (Å²) in [5.41, 5.74) is 2.39. The van der Waals surface area contributed by atoms with Crippen LogP contribution in [0.1, 0.15) is 54.7 Å². The summed E-state index contributed by atoms with van der Waals surface area (Å²) in [4.78, 5) is 67.1. The van der Waals surface area contributed by atoms with Crippen molar-refractivity contribution in [3.05, 3.63) is 164 Å². The van der Waals surface area contributed by atoms with Gasteiger partial charge in [0.05, 0.1) is 26.5 Å². The lowest BCUT2D eigenvalue weighted by Gasteiger charge is -2.21. The first-order valence-electron chi connectivity index (χ1n) is 15.3. The molecule has 1 atom stereocenters. The van der Waals surface area contributed by atoms with Gasteiger partial charge in [-0.05, 0) is 61.0 Å². The van der Waals surface area contributed by atoms with Crippen LogP contribution in [0.3, 0.4) is 0 Å². The fraction of sp³-hybridized carbons (Fsp3) is 0.0513. The Morgan fingerprint density at radius 2 is 1.38 bits per heavy atom. The number of anilines is 2. The predicted molar refractivity (Wildman–Crippen MR) is 197 cm³/mol. The quantitative estimate of drug-likeness (QED) is 0.102. The van der Waals surface area contributed by atoms with E-state index in [0.717, 1.165) is 0 Å². The second kappa shape index (κ2) is 15.0. The van der Waals surface area contributed by atoms with Crippen molar-refractivity contribution in [1.82, 2.24) is 5.32 Å². The van der Waals surface area contributed by atoms with E-state index in [2.05, 4.69) is 16.0 Å². The monoisotopic (exact) mass is 719 g/mol. The molecule has 5 aromatic rings. The Kier molecular flexibility index (Phi) is 10.3. The van der Waals surface area contributed by atoms with Crippen molar-refractivity contribution < 1.29 is 24.0 Å². The summed E-state index contributed by atoms with van der Waals surface area (Å²) in [5.74, 6) is -2.11. The fourth-order valence-electron chi connectivity index (χ4n) is 5.32. The van der Waals surface area contributed by atoms with Crippen LogP contribution in [0.2, 0.25) is 10.0 Å². The van der Waals surface area contributed by atoms with E-state index in [0.29, 0.717) is 32.8 Å². The van der Waals surface area contributed by atoms with E-state index in [1.807, 2.05) is 0 Å². The highest BCUT2D eigenvalue weighted by molar-refractivity contribution is 8.00. The first-order chi connectivity index (χ1) is 24.1. The maximum atomic E-state index is 13.6. The molecule has 0 bridgehead atoms. The summed E-state index contributed by atoms with van der Waals surface area (Å²) in [6.45, 7) is 1.71. The Bertz CT molecular complexity index is 2220. The van der Waals surface area contributed by atoms with E-state index in [-0.39, 0.29) is 50.0 Å². The van der Waals surface area contributed by atoms with Gasteiger partial charge in [0.2, 0.25) is 5.91 Å². The van der Waals surface area contributed by atoms with Crippen molar-refractivity contribution in [2.45, 2.75) is 17.1 Å². The number of hydrogen-bond acceptors (Lipinski definition) is 6. The summed E-state index contributed by atoms with van der Waals surface area (Å²) in [7, 11) is 0. The summed E-state index contributed by atoms with van der Waals surface area (Å²) in [5, 5.41) is 8.17. The van der Waals surface area contributed by atoms with Crippen LogP contribution in [0.25, 0.3) is 6.08 Å². The number of amides is 3. The second-order valence-corrected chi connectivity index (χ2v) is 13.4. The summed E-state index contributed by atoms with van der Waals surface area (Å²) >= 11 is 13.8. The van der Waals surface area contributed by atoms with Gasteiger partial charge in [-0.25, -0.2) is 0 Å². The van der Waals surface area contributed by atoms with Crippen LogP contribution < -0.4 is 16.0 Å². The van der Waals surface area contributed by atoms with E-state index in [1.54, 1.807) is 122 Å². The molecule has 0 radical (unpaired) electrons. The van der Waals surface area contributed by atoms with E-state index in [1.165, 1.54) is 17.8 Å².